The highest BCUT2D eigenvalue weighted by molar-refractivity contribution is 4.91. The predicted octanol–water partition coefficient (Wildman–Crippen LogP) is -0.406. The van der Waals surface area contributed by atoms with Crippen molar-refractivity contribution in [1.82, 2.24) is 20.1 Å². The van der Waals surface area contributed by atoms with Gasteiger partial charge >= 0.3 is 0 Å². The Bertz CT molecular complexity index is 269. The van der Waals surface area contributed by atoms with Crippen molar-refractivity contribution in [3.8, 4) is 0 Å². The number of nitrogens with zero attached hydrogens (tertiary/aromatic N) is 3. The number of aliphatic hydroxyl groups excluding tert-OH is 1. The average Bonchev–Trinajstić information content (AvgIpc) is 2.35. The Morgan fingerprint density at radius 3 is 2.69 bits per heavy atom. The summed E-state index contributed by atoms with van der Waals surface area (Å²) < 4.78 is 1.93. The van der Waals surface area contributed by atoms with E-state index in [4.69, 9.17) is 5.11 Å². The first-order valence-electron chi connectivity index (χ1n) is 4.35. The first-order chi connectivity index (χ1) is 6.11. The SMILES string of the molecule is Cc1nnc(CNCC(C)O)n1C. The minimum atomic E-state index is -0.325. The molecule has 13 heavy (non-hydrogen) atoms. The van der Waals surface area contributed by atoms with E-state index in [2.05, 4.69) is 15.5 Å². The first kappa shape index (κ1) is 10.1. The van der Waals surface area contributed by atoms with Crippen molar-refractivity contribution in [2.75, 3.05) is 6.54 Å². The van der Waals surface area contributed by atoms with Crippen LogP contribution in [0.2, 0.25) is 0 Å². The molecule has 0 radical (unpaired) electrons. The second-order valence-electron chi connectivity index (χ2n) is 3.20. The lowest BCUT2D eigenvalue weighted by Gasteiger charge is -2.06. The average molecular weight is 184 g/mol. The quantitative estimate of drug-likeness (QED) is 0.668. The Labute approximate surface area is 77.8 Å². The van der Waals surface area contributed by atoms with E-state index in [1.54, 1.807) is 6.92 Å². The summed E-state index contributed by atoms with van der Waals surface area (Å²) in [7, 11) is 1.93. The van der Waals surface area contributed by atoms with Gasteiger partial charge in [-0.15, -0.1) is 10.2 Å². The van der Waals surface area contributed by atoms with Gasteiger partial charge in [0.1, 0.15) is 11.6 Å². The Hall–Kier alpha value is -0.940. The lowest BCUT2D eigenvalue weighted by molar-refractivity contribution is 0.190. The second kappa shape index (κ2) is 4.34. The van der Waals surface area contributed by atoms with Crippen LogP contribution in [0.4, 0.5) is 0 Å². The molecule has 1 heterocycles. The van der Waals surface area contributed by atoms with Gasteiger partial charge in [-0.3, -0.25) is 0 Å². The van der Waals surface area contributed by atoms with Crippen LogP contribution in [-0.2, 0) is 13.6 Å². The van der Waals surface area contributed by atoms with Gasteiger partial charge in [0, 0.05) is 13.6 Å². The summed E-state index contributed by atoms with van der Waals surface area (Å²) in [5.74, 6) is 1.78. The molecule has 0 fully saturated rings. The van der Waals surface area contributed by atoms with Gasteiger partial charge in [0.15, 0.2) is 0 Å². The molecule has 0 aromatic carbocycles. The highest BCUT2D eigenvalue weighted by Crippen LogP contribution is 1.96. The maximum atomic E-state index is 9.00. The fourth-order valence-corrected chi connectivity index (χ4v) is 0.998. The van der Waals surface area contributed by atoms with E-state index in [9.17, 15) is 0 Å². The van der Waals surface area contributed by atoms with E-state index in [0.717, 1.165) is 11.6 Å². The van der Waals surface area contributed by atoms with Crippen LogP contribution < -0.4 is 5.32 Å². The zero-order valence-corrected chi connectivity index (χ0v) is 8.28. The molecule has 0 bridgehead atoms. The molecule has 0 aliphatic carbocycles. The van der Waals surface area contributed by atoms with Crippen molar-refractivity contribution in [1.29, 1.82) is 0 Å². The topological polar surface area (TPSA) is 63.0 Å². The number of aryl methyl sites for hydroxylation is 1. The second-order valence-corrected chi connectivity index (χ2v) is 3.20. The number of aliphatic hydroxyl groups is 1. The maximum absolute atomic E-state index is 9.00. The van der Waals surface area contributed by atoms with Crippen molar-refractivity contribution < 1.29 is 5.11 Å². The third-order valence-corrected chi connectivity index (χ3v) is 1.91. The molecule has 0 aliphatic heterocycles. The normalized spacial score (nSPS) is 13.2. The van der Waals surface area contributed by atoms with E-state index < -0.39 is 0 Å². The van der Waals surface area contributed by atoms with Crippen LogP contribution in [0.15, 0.2) is 0 Å². The van der Waals surface area contributed by atoms with E-state index >= 15 is 0 Å². The molecule has 1 rings (SSSR count). The molecule has 5 heteroatoms. The van der Waals surface area contributed by atoms with Crippen molar-refractivity contribution in [3.63, 3.8) is 0 Å². The summed E-state index contributed by atoms with van der Waals surface area (Å²) >= 11 is 0. The van der Waals surface area contributed by atoms with E-state index in [0.29, 0.717) is 13.1 Å². The van der Waals surface area contributed by atoms with Crippen LogP contribution >= 0.6 is 0 Å². The molecule has 5 nitrogen and oxygen atoms in total. The number of nitrogens with one attached hydrogen (secondary N) is 1. The Morgan fingerprint density at radius 2 is 2.23 bits per heavy atom. The maximum Gasteiger partial charge on any atom is 0.146 e. The molecule has 0 spiro atoms. The molecule has 0 aliphatic rings. The Kier molecular flexibility index (Phi) is 3.39. The largest absolute Gasteiger partial charge is 0.392 e. The Balaban J connectivity index is 2.41. The highest BCUT2D eigenvalue weighted by atomic mass is 16.3. The van der Waals surface area contributed by atoms with Crippen LogP contribution in [0.5, 0.6) is 0 Å². The fraction of sp³-hybridized carbons (Fsp3) is 0.750. The monoisotopic (exact) mass is 184 g/mol. The number of aromatic nitrogens is 3. The van der Waals surface area contributed by atoms with E-state index in [-0.39, 0.29) is 6.10 Å². The lowest BCUT2D eigenvalue weighted by atomic mass is 10.4. The standard InChI is InChI=1S/C8H16N4O/c1-6(13)4-9-5-8-11-10-7(2)12(8)3/h6,9,13H,4-5H2,1-3H3. The molecule has 0 saturated heterocycles. The minimum Gasteiger partial charge on any atom is -0.392 e. The molecule has 1 aromatic heterocycles. The zero-order valence-electron chi connectivity index (χ0n) is 8.28. The molecule has 0 amide bonds. The van der Waals surface area contributed by atoms with E-state index in [1.165, 1.54) is 0 Å². The fourth-order valence-electron chi connectivity index (χ4n) is 0.998. The summed E-state index contributed by atoms with van der Waals surface area (Å²) in [5.41, 5.74) is 0. The summed E-state index contributed by atoms with van der Waals surface area (Å²) in [5, 5.41) is 20.0. The van der Waals surface area contributed by atoms with Gasteiger partial charge in [-0.25, -0.2) is 0 Å². The van der Waals surface area contributed by atoms with Crippen molar-refractivity contribution in [3.05, 3.63) is 11.6 Å². The van der Waals surface area contributed by atoms with Gasteiger partial charge in [0.25, 0.3) is 0 Å². The van der Waals surface area contributed by atoms with Gasteiger partial charge in [0.2, 0.25) is 0 Å². The first-order valence-corrected chi connectivity index (χ1v) is 4.35. The zero-order chi connectivity index (χ0) is 9.84. The minimum absolute atomic E-state index is 0.325. The lowest BCUT2D eigenvalue weighted by Crippen LogP contribution is -2.25. The Morgan fingerprint density at radius 1 is 1.54 bits per heavy atom. The number of rotatable bonds is 4. The third-order valence-electron chi connectivity index (χ3n) is 1.91. The van der Waals surface area contributed by atoms with Crippen LogP contribution in [0.3, 0.4) is 0 Å². The molecule has 74 valence electrons. The van der Waals surface area contributed by atoms with Crippen LogP contribution in [-0.4, -0.2) is 32.5 Å². The number of hydrogen-bond donors (Lipinski definition) is 2. The molecular formula is C8H16N4O. The van der Waals surface area contributed by atoms with Crippen LogP contribution in [0.25, 0.3) is 0 Å². The molecular weight excluding hydrogens is 168 g/mol. The summed E-state index contributed by atoms with van der Waals surface area (Å²) in [6.07, 6.45) is -0.325. The van der Waals surface area contributed by atoms with Crippen molar-refractivity contribution >= 4 is 0 Å². The highest BCUT2D eigenvalue weighted by Gasteiger charge is 2.03. The molecule has 1 atom stereocenters. The van der Waals surface area contributed by atoms with Gasteiger partial charge in [0.05, 0.1) is 12.6 Å². The summed E-state index contributed by atoms with van der Waals surface area (Å²) in [4.78, 5) is 0. The molecule has 1 unspecified atom stereocenters. The van der Waals surface area contributed by atoms with Crippen molar-refractivity contribution in [2.45, 2.75) is 26.5 Å². The van der Waals surface area contributed by atoms with Crippen LogP contribution in [0.1, 0.15) is 18.6 Å². The predicted molar refractivity (Wildman–Crippen MR) is 49.1 cm³/mol. The third kappa shape index (κ3) is 2.78. The van der Waals surface area contributed by atoms with Gasteiger partial charge in [-0.2, -0.15) is 0 Å². The van der Waals surface area contributed by atoms with Crippen molar-refractivity contribution in [2.24, 2.45) is 7.05 Å². The summed E-state index contributed by atoms with van der Waals surface area (Å²) in [6, 6.07) is 0. The van der Waals surface area contributed by atoms with Gasteiger partial charge in [-0.05, 0) is 13.8 Å². The smallest absolute Gasteiger partial charge is 0.146 e. The number of hydrogen-bond acceptors (Lipinski definition) is 4. The van der Waals surface area contributed by atoms with Crippen LogP contribution in [0, 0.1) is 6.92 Å². The molecule has 0 saturated carbocycles. The molecule has 1 aromatic rings. The van der Waals surface area contributed by atoms with Gasteiger partial charge < -0.3 is 15.0 Å². The van der Waals surface area contributed by atoms with E-state index in [1.807, 2.05) is 18.5 Å². The summed E-state index contributed by atoms with van der Waals surface area (Å²) in [6.45, 7) is 4.87. The molecule has 2 N–H and O–H groups in total. The van der Waals surface area contributed by atoms with Gasteiger partial charge in [-0.1, -0.05) is 0 Å².